The van der Waals surface area contributed by atoms with Gasteiger partial charge in [0.25, 0.3) is 5.89 Å². The Hall–Kier alpha value is -2.96. The van der Waals surface area contributed by atoms with Crippen LogP contribution in [0.15, 0.2) is 40.9 Å². The number of rotatable bonds is 3. The highest BCUT2D eigenvalue weighted by Gasteiger charge is 2.34. The van der Waals surface area contributed by atoms with E-state index in [1.54, 1.807) is 9.58 Å². The molecule has 1 aliphatic rings. The van der Waals surface area contributed by atoms with E-state index >= 15 is 0 Å². The number of nitrogens with zero attached hydrogens (tertiary/aromatic N) is 5. The second-order valence-electron chi connectivity index (χ2n) is 5.99. The molecule has 0 aliphatic carbocycles. The molecule has 1 fully saturated rings. The lowest BCUT2D eigenvalue weighted by Crippen LogP contribution is -2.24. The molecule has 0 radical (unpaired) electrons. The molecule has 1 aliphatic heterocycles. The molecule has 2 aromatic heterocycles. The summed E-state index contributed by atoms with van der Waals surface area (Å²) in [6.45, 7) is 2.47. The Kier molecular flexibility index (Phi) is 3.41. The summed E-state index contributed by atoms with van der Waals surface area (Å²) < 4.78 is 7.09. The van der Waals surface area contributed by atoms with Gasteiger partial charge in [-0.1, -0.05) is 23.4 Å². The summed E-state index contributed by atoms with van der Waals surface area (Å²) in [5.74, 6) is 1.01. The summed E-state index contributed by atoms with van der Waals surface area (Å²) in [5.41, 5.74) is 2.56. The predicted molar refractivity (Wildman–Crippen MR) is 87.4 cm³/mol. The standard InChI is InChI=1S/C17H17N5O2/c1-11-8-14(21(2)19-11)17-18-16(20-24-17)12-9-15(23)22(10-12)13-6-4-3-5-7-13/h3-8,12H,9-10H2,1-2H3. The van der Waals surface area contributed by atoms with E-state index in [-0.39, 0.29) is 11.8 Å². The van der Waals surface area contributed by atoms with E-state index in [0.29, 0.717) is 24.7 Å². The van der Waals surface area contributed by atoms with Crippen molar-refractivity contribution in [1.82, 2.24) is 19.9 Å². The zero-order chi connectivity index (χ0) is 16.7. The van der Waals surface area contributed by atoms with Gasteiger partial charge in [-0.3, -0.25) is 9.48 Å². The smallest absolute Gasteiger partial charge is 0.276 e. The van der Waals surface area contributed by atoms with Crippen molar-refractivity contribution >= 4 is 11.6 Å². The number of carbonyl (C=O) groups excluding carboxylic acids is 1. The number of anilines is 1. The molecule has 0 saturated carbocycles. The van der Waals surface area contributed by atoms with E-state index < -0.39 is 0 Å². The monoisotopic (exact) mass is 323 g/mol. The molecule has 1 unspecified atom stereocenters. The number of aromatic nitrogens is 4. The number of carbonyl (C=O) groups is 1. The topological polar surface area (TPSA) is 77.0 Å². The Morgan fingerprint density at radius 1 is 1.25 bits per heavy atom. The fourth-order valence-corrected chi connectivity index (χ4v) is 3.05. The first-order chi connectivity index (χ1) is 11.6. The van der Waals surface area contributed by atoms with Crippen LogP contribution in [0.5, 0.6) is 0 Å². The van der Waals surface area contributed by atoms with E-state index in [4.69, 9.17) is 4.52 Å². The van der Waals surface area contributed by atoms with Crippen molar-refractivity contribution in [2.24, 2.45) is 7.05 Å². The van der Waals surface area contributed by atoms with Gasteiger partial charge in [-0.05, 0) is 25.1 Å². The zero-order valence-electron chi connectivity index (χ0n) is 13.5. The summed E-state index contributed by atoms with van der Waals surface area (Å²) in [6.07, 6.45) is 0.387. The Bertz CT molecular complexity index is 884. The summed E-state index contributed by atoms with van der Waals surface area (Å²) in [5, 5.41) is 8.37. The molecule has 0 bridgehead atoms. The van der Waals surface area contributed by atoms with Gasteiger partial charge in [0.05, 0.1) is 5.69 Å². The van der Waals surface area contributed by atoms with Crippen molar-refractivity contribution in [3.63, 3.8) is 0 Å². The van der Waals surface area contributed by atoms with Crippen LogP contribution in [-0.4, -0.2) is 32.4 Å². The van der Waals surface area contributed by atoms with Gasteiger partial charge < -0.3 is 9.42 Å². The van der Waals surface area contributed by atoms with Crippen molar-refractivity contribution < 1.29 is 9.32 Å². The van der Waals surface area contributed by atoms with Crippen LogP contribution in [-0.2, 0) is 11.8 Å². The first-order valence-electron chi connectivity index (χ1n) is 7.82. The summed E-state index contributed by atoms with van der Waals surface area (Å²) in [4.78, 5) is 18.6. The van der Waals surface area contributed by atoms with E-state index in [9.17, 15) is 4.79 Å². The molecule has 122 valence electrons. The third-order valence-corrected chi connectivity index (χ3v) is 4.22. The van der Waals surface area contributed by atoms with Crippen LogP contribution in [0.2, 0.25) is 0 Å². The lowest BCUT2D eigenvalue weighted by atomic mass is 10.1. The molecule has 7 heteroatoms. The molecular formula is C17H17N5O2. The molecular weight excluding hydrogens is 306 g/mol. The third-order valence-electron chi connectivity index (χ3n) is 4.22. The van der Waals surface area contributed by atoms with Gasteiger partial charge in [-0.15, -0.1) is 0 Å². The minimum atomic E-state index is -0.0652. The second-order valence-corrected chi connectivity index (χ2v) is 5.99. The van der Waals surface area contributed by atoms with Crippen molar-refractivity contribution in [2.45, 2.75) is 19.3 Å². The quantitative estimate of drug-likeness (QED) is 0.739. The Labute approximate surface area is 138 Å². The lowest BCUT2D eigenvalue weighted by Gasteiger charge is -2.15. The Morgan fingerprint density at radius 3 is 2.75 bits per heavy atom. The van der Waals surface area contributed by atoms with Crippen LogP contribution in [0.25, 0.3) is 11.6 Å². The molecule has 7 nitrogen and oxygen atoms in total. The fourth-order valence-electron chi connectivity index (χ4n) is 3.05. The van der Waals surface area contributed by atoms with Crippen LogP contribution in [0, 0.1) is 6.92 Å². The summed E-state index contributed by atoms with van der Waals surface area (Å²) in [6, 6.07) is 11.5. The van der Waals surface area contributed by atoms with Crippen molar-refractivity contribution in [1.29, 1.82) is 0 Å². The average molecular weight is 323 g/mol. The molecule has 24 heavy (non-hydrogen) atoms. The van der Waals surface area contributed by atoms with Gasteiger partial charge >= 0.3 is 0 Å². The van der Waals surface area contributed by atoms with Crippen LogP contribution in [0.4, 0.5) is 5.69 Å². The molecule has 3 aromatic rings. The first-order valence-corrected chi connectivity index (χ1v) is 7.82. The first kappa shape index (κ1) is 14.6. The molecule has 1 amide bonds. The van der Waals surface area contributed by atoms with E-state index in [0.717, 1.165) is 17.1 Å². The third kappa shape index (κ3) is 2.47. The number of para-hydroxylation sites is 1. The molecule has 0 spiro atoms. The number of benzene rings is 1. The number of hydrogen-bond donors (Lipinski definition) is 0. The molecule has 4 rings (SSSR count). The maximum Gasteiger partial charge on any atom is 0.276 e. The van der Waals surface area contributed by atoms with Crippen LogP contribution in [0.3, 0.4) is 0 Å². The predicted octanol–water partition coefficient (Wildman–Crippen LogP) is 2.30. The fraction of sp³-hybridized carbons (Fsp3) is 0.294. The SMILES string of the molecule is Cc1cc(-c2nc(C3CC(=O)N(c4ccccc4)C3)no2)n(C)n1. The highest BCUT2D eigenvalue weighted by Crippen LogP contribution is 2.31. The van der Waals surface area contributed by atoms with Crippen LogP contribution < -0.4 is 4.90 Å². The van der Waals surface area contributed by atoms with Crippen LogP contribution >= 0.6 is 0 Å². The normalized spacial score (nSPS) is 17.7. The maximum atomic E-state index is 12.3. The minimum absolute atomic E-state index is 0.0652. The van der Waals surface area contributed by atoms with E-state index in [1.807, 2.05) is 50.4 Å². The second kappa shape index (κ2) is 5.59. The highest BCUT2D eigenvalue weighted by atomic mass is 16.5. The molecule has 1 saturated heterocycles. The molecule has 0 N–H and O–H groups in total. The summed E-state index contributed by atoms with van der Waals surface area (Å²) >= 11 is 0. The molecule has 1 aromatic carbocycles. The van der Waals surface area contributed by atoms with Gasteiger partial charge in [0.1, 0.15) is 5.69 Å². The maximum absolute atomic E-state index is 12.3. The van der Waals surface area contributed by atoms with Crippen molar-refractivity contribution in [2.75, 3.05) is 11.4 Å². The highest BCUT2D eigenvalue weighted by molar-refractivity contribution is 5.96. The van der Waals surface area contributed by atoms with Crippen LogP contribution in [0.1, 0.15) is 23.9 Å². The molecule has 3 heterocycles. The van der Waals surface area contributed by atoms with Gasteiger partial charge in [-0.25, -0.2) is 0 Å². The Morgan fingerprint density at radius 2 is 2.04 bits per heavy atom. The van der Waals surface area contributed by atoms with Crippen molar-refractivity contribution in [3.05, 3.63) is 47.9 Å². The van der Waals surface area contributed by atoms with E-state index in [2.05, 4.69) is 15.2 Å². The zero-order valence-corrected chi connectivity index (χ0v) is 13.5. The Balaban J connectivity index is 1.58. The van der Waals surface area contributed by atoms with E-state index in [1.165, 1.54) is 0 Å². The van der Waals surface area contributed by atoms with Crippen molar-refractivity contribution in [3.8, 4) is 11.6 Å². The number of hydrogen-bond acceptors (Lipinski definition) is 5. The number of aryl methyl sites for hydroxylation is 2. The van der Waals surface area contributed by atoms with Gasteiger partial charge in [-0.2, -0.15) is 10.1 Å². The molecule has 1 atom stereocenters. The lowest BCUT2D eigenvalue weighted by molar-refractivity contribution is -0.117. The van der Waals surface area contributed by atoms with Gasteiger partial charge in [0, 0.05) is 31.6 Å². The minimum Gasteiger partial charge on any atom is -0.332 e. The van der Waals surface area contributed by atoms with Gasteiger partial charge in [0.15, 0.2) is 5.82 Å². The largest absolute Gasteiger partial charge is 0.332 e. The summed E-state index contributed by atoms with van der Waals surface area (Å²) in [7, 11) is 1.84. The number of amides is 1. The average Bonchev–Trinajstić information content (AvgIpc) is 3.26. The van der Waals surface area contributed by atoms with Gasteiger partial charge in [0.2, 0.25) is 5.91 Å².